The van der Waals surface area contributed by atoms with Crippen LogP contribution in [0.1, 0.15) is 36.5 Å². The smallest absolute Gasteiger partial charge is 0.178 e. The predicted molar refractivity (Wildman–Crippen MR) is 76.8 cm³/mol. The maximum Gasteiger partial charge on any atom is 0.178 e. The lowest BCUT2D eigenvalue weighted by Crippen LogP contribution is -2.30. The average Bonchev–Trinajstić information content (AvgIpc) is 2.93. The average molecular weight is 280 g/mol. The molecule has 1 fully saturated rings. The van der Waals surface area contributed by atoms with Crippen LogP contribution in [0, 0.1) is 0 Å². The van der Waals surface area contributed by atoms with Crippen LogP contribution in [-0.2, 0) is 15.5 Å². The summed E-state index contributed by atoms with van der Waals surface area (Å²) >= 11 is 0. The standard InChI is InChI=1S/C15H20O3S/c1-2-14(15(16)12-7-4-3-5-8-12)19(17)11-13-9-6-10-18-13/h3-5,7-8,13-14H,2,6,9-11H2,1H3. The van der Waals surface area contributed by atoms with Crippen molar-refractivity contribution in [3.05, 3.63) is 35.9 Å². The minimum atomic E-state index is -1.15. The van der Waals surface area contributed by atoms with E-state index in [1.165, 1.54) is 0 Å². The molecule has 3 unspecified atom stereocenters. The van der Waals surface area contributed by atoms with Crippen molar-refractivity contribution in [2.24, 2.45) is 0 Å². The van der Waals surface area contributed by atoms with E-state index in [-0.39, 0.29) is 11.9 Å². The quantitative estimate of drug-likeness (QED) is 0.752. The van der Waals surface area contributed by atoms with Gasteiger partial charge >= 0.3 is 0 Å². The van der Waals surface area contributed by atoms with E-state index in [1.54, 1.807) is 12.1 Å². The predicted octanol–water partition coefficient (Wildman–Crippen LogP) is 2.58. The monoisotopic (exact) mass is 280 g/mol. The number of hydrogen-bond acceptors (Lipinski definition) is 3. The molecule has 1 aliphatic rings. The maximum atomic E-state index is 12.4. The van der Waals surface area contributed by atoms with Gasteiger partial charge in [0.2, 0.25) is 0 Å². The molecule has 0 spiro atoms. The molecule has 4 heteroatoms. The molecule has 0 saturated carbocycles. The molecule has 0 bridgehead atoms. The molecule has 0 radical (unpaired) electrons. The molecule has 1 aromatic rings. The fourth-order valence-corrected chi connectivity index (χ4v) is 3.96. The molecular formula is C15H20O3S. The first-order valence-electron chi connectivity index (χ1n) is 6.80. The highest BCUT2D eigenvalue weighted by Crippen LogP contribution is 2.17. The van der Waals surface area contributed by atoms with Gasteiger partial charge in [-0.05, 0) is 19.3 Å². The summed E-state index contributed by atoms with van der Waals surface area (Å²) in [6, 6.07) is 9.12. The zero-order valence-electron chi connectivity index (χ0n) is 11.2. The van der Waals surface area contributed by atoms with Crippen molar-refractivity contribution < 1.29 is 13.7 Å². The first-order chi connectivity index (χ1) is 9.22. The first kappa shape index (κ1) is 14.4. The van der Waals surface area contributed by atoms with Gasteiger partial charge < -0.3 is 4.74 Å². The van der Waals surface area contributed by atoms with Crippen LogP contribution in [0.15, 0.2) is 30.3 Å². The van der Waals surface area contributed by atoms with Crippen molar-refractivity contribution in [2.75, 3.05) is 12.4 Å². The van der Waals surface area contributed by atoms with Crippen LogP contribution in [0.2, 0.25) is 0 Å². The molecule has 1 aliphatic heterocycles. The van der Waals surface area contributed by atoms with Crippen molar-refractivity contribution in [3.63, 3.8) is 0 Å². The summed E-state index contributed by atoms with van der Waals surface area (Å²) in [6.45, 7) is 2.67. The second kappa shape index (κ2) is 6.96. The Bertz CT molecular complexity index is 438. The maximum absolute atomic E-state index is 12.4. The topological polar surface area (TPSA) is 43.4 Å². The van der Waals surface area contributed by atoms with Gasteiger partial charge in [-0.25, -0.2) is 0 Å². The van der Waals surface area contributed by atoms with Gasteiger partial charge in [0.1, 0.15) is 0 Å². The number of Topliss-reactive ketones (excluding diaryl/α,β-unsaturated/α-hetero) is 1. The van der Waals surface area contributed by atoms with Gasteiger partial charge in [-0.15, -0.1) is 0 Å². The van der Waals surface area contributed by atoms with Gasteiger partial charge in [-0.2, -0.15) is 0 Å². The van der Waals surface area contributed by atoms with E-state index in [2.05, 4.69) is 0 Å². The molecule has 1 saturated heterocycles. The second-order valence-corrected chi connectivity index (χ2v) is 6.47. The van der Waals surface area contributed by atoms with Crippen LogP contribution in [0.25, 0.3) is 0 Å². The Morgan fingerprint density at radius 1 is 1.42 bits per heavy atom. The van der Waals surface area contributed by atoms with Crippen LogP contribution in [0.3, 0.4) is 0 Å². The van der Waals surface area contributed by atoms with E-state index in [0.717, 1.165) is 19.4 Å². The molecule has 0 aliphatic carbocycles. The van der Waals surface area contributed by atoms with Crippen molar-refractivity contribution in [1.29, 1.82) is 0 Å². The third-order valence-electron chi connectivity index (χ3n) is 3.41. The molecule has 1 heterocycles. The molecule has 0 amide bonds. The largest absolute Gasteiger partial charge is 0.377 e. The highest BCUT2D eigenvalue weighted by Gasteiger charge is 2.28. The van der Waals surface area contributed by atoms with Gasteiger partial charge in [0.25, 0.3) is 0 Å². The summed E-state index contributed by atoms with van der Waals surface area (Å²) in [5, 5.41) is -0.411. The van der Waals surface area contributed by atoms with Crippen molar-refractivity contribution >= 4 is 16.6 Å². The Balaban J connectivity index is 2.02. The van der Waals surface area contributed by atoms with Crippen LogP contribution >= 0.6 is 0 Å². The second-order valence-electron chi connectivity index (χ2n) is 4.81. The molecule has 3 nitrogen and oxygen atoms in total. The molecule has 104 valence electrons. The highest BCUT2D eigenvalue weighted by molar-refractivity contribution is 7.86. The summed E-state index contributed by atoms with van der Waals surface area (Å²) in [6.07, 6.45) is 2.67. The lowest BCUT2D eigenvalue weighted by atomic mass is 10.1. The molecule has 2 rings (SSSR count). The van der Waals surface area contributed by atoms with Crippen molar-refractivity contribution in [2.45, 2.75) is 37.5 Å². The van der Waals surface area contributed by atoms with Crippen molar-refractivity contribution in [3.8, 4) is 0 Å². The molecule has 1 aromatic carbocycles. The van der Waals surface area contributed by atoms with Gasteiger partial charge in [0.05, 0.1) is 17.1 Å². The normalized spacial score (nSPS) is 22.1. The number of ketones is 1. The number of hydrogen-bond donors (Lipinski definition) is 0. The van der Waals surface area contributed by atoms with E-state index in [9.17, 15) is 9.00 Å². The Hall–Kier alpha value is -1.00. The van der Waals surface area contributed by atoms with Crippen LogP contribution in [-0.4, -0.2) is 33.7 Å². The SMILES string of the molecule is CCC(C(=O)c1ccccc1)S(=O)CC1CCCO1. The lowest BCUT2D eigenvalue weighted by molar-refractivity contribution is 0.0985. The molecule has 3 atom stereocenters. The first-order valence-corrected chi connectivity index (χ1v) is 8.18. The fourth-order valence-electron chi connectivity index (χ4n) is 2.35. The van der Waals surface area contributed by atoms with E-state index < -0.39 is 16.0 Å². The van der Waals surface area contributed by atoms with Crippen LogP contribution < -0.4 is 0 Å². The molecule has 0 N–H and O–H groups in total. The summed E-state index contributed by atoms with van der Waals surface area (Å²) in [4.78, 5) is 12.4. The third kappa shape index (κ3) is 3.74. The number of ether oxygens (including phenoxy) is 1. The zero-order chi connectivity index (χ0) is 13.7. The Morgan fingerprint density at radius 3 is 2.74 bits per heavy atom. The summed E-state index contributed by atoms with van der Waals surface area (Å²) in [7, 11) is -1.15. The number of benzene rings is 1. The molecule has 19 heavy (non-hydrogen) atoms. The zero-order valence-corrected chi connectivity index (χ0v) is 12.0. The minimum Gasteiger partial charge on any atom is -0.377 e. The lowest BCUT2D eigenvalue weighted by Gasteiger charge is -2.16. The van der Waals surface area contributed by atoms with E-state index in [0.29, 0.717) is 17.7 Å². The van der Waals surface area contributed by atoms with Gasteiger partial charge in [0, 0.05) is 23.0 Å². The van der Waals surface area contributed by atoms with E-state index in [4.69, 9.17) is 4.74 Å². The fraction of sp³-hybridized carbons (Fsp3) is 0.533. The molecule has 0 aromatic heterocycles. The van der Waals surface area contributed by atoms with Gasteiger partial charge in [-0.1, -0.05) is 37.3 Å². The number of carbonyl (C=O) groups excluding carboxylic acids is 1. The Morgan fingerprint density at radius 2 is 2.16 bits per heavy atom. The van der Waals surface area contributed by atoms with E-state index >= 15 is 0 Å². The van der Waals surface area contributed by atoms with Gasteiger partial charge in [-0.3, -0.25) is 9.00 Å². The minimum absolute atomic E-state index is 0.0144. The number of rotatable bonds is 6. The van der Waals surface area contributed by atoms with Crippen LogP contribution in [0.5, 0.6) is 0 Å². The Labute approximate surface area is 116 Å². The van der Waals surface area contributed by atoms with E-state index in [1.807, 2.05) is 25.1 Å². The number of carbonyl (C=O) groups is 1. The Kier molecular flexibility index (Phi) is 5.28. The molecular weight excluding hydrogens is 260 g/mol. The highest BCUT2D eigenvalue weighted by atomic mass is 32.2. The summed E-state index contributed by atoms with van der Waals surface area (Å²) in [5.41, 5.74) is 0.648. The third-order valence-corrected chi connectivity index (χ3v) is 5.30. The van der Waals surface area contributed by atoms with Crippen molar-refractivity contribution in [1.82, 2.24) is 0 Å². The van der Waals surface area contributed by atoms with Crippen LogP contribution in [0.4, 0.5) is 0 Å². The summed E-state index contributed by atoms with van der Waals surface area (Å²) in [5.74, 6) is 0.469. The summed E-state index contributed by atoms with van der Waals surface area (Å²) < 4.78 is 17.9. The van der Waals surface area contributed by atoms with Gasteiger partial charge in [0.15, 0.2) is 5.78 Å².